The van der Waals surface area contributed by atoms with Gasteiger partial charge in [0.25, 0.3) is 0 Å². The number of benzene rings is 1. The van der Waals surface area contributed by atoms with Crippen molar-refractivity contribution < 1.29 is 14.3 Å². The number of amides is 1. The Balaban J connectivity index is 1.33. The highest BCUT2D eigenvalue weighted by molar-refractivity contribution is 8.00. The van der Waals surface area contributed by atoms with E-state index < -0.39 is 0 Å². The number of hydrogen-bond donors (Lipinski definition) is 1. The molecule has 4 aromatic rings. The van der Waals surface area contributed by atoms with Gasteiger partial charge in [0.1, 0.15) is 27.8 Å². The predicted octanol–water partition coefficient (Wildman–Crippen LogP) is 5.08. The van der Waals surface area contributed by atoms with Gasteiger partial charge in [0.05, 0.1) is 35.8 Å². The van der Waals surface area contributed by atoms with Crippen LogP contribution in [0.5, 0.6) is 5.75 Å². The lowest BCUT2D eigenvalue weighted by molar-refractivity contribution is -0.115. The van der Waals surface area contributed by atoms with Gasteiger partial charge in [-0.25, -0.2) is 15.0 Å². The molecule has 0 unspecified atom stereocenters. The van der Waals surface area contributed by atoms with Gasteiger partial charge >= 0.3 is 0 Å². The summed E-state index contributed by atoms with van der Waals surface area (Å²) in [6, 6.07) is 7.34. The molecule has 0 spiro atoms. The van der Waals surface area contributed by atoms with Gasteiger partial charge in [-0.1, -0.05) is 11.8 Å². The van der Waals surface area contributed by atoms with Crippen LogP contribution in [0.25, 0.3) is 20.4 Å². The molecule has 0 saturated carbocycles. The number of anilines is 2. The van der Waals surface area contributed by atoms with Crippen LogP contribution in [0.15, 0.2) is 35.6 Å². The van der Waals surface area contributed by atoms with Crippen molar-refractivity contribution >= 4 is 60.9 Å². The molecule has 1 atom stereocenters. The molecular weight excluding hydrogens is 506 g/mol. The van der Waals surface area contributed by atoms with Crippen molar-refractivity contribution in [3.8, 4) is 5.75 Å². The van der Waals surface area contributed by atoms with Crippen molar-refractivity contribution in [1.82, 2.24) is 15.0 Å². The van der Waals surface area contributed by atoms with Crippen LogP contribution in [0.1, 0.15) is 30.9 Å². The third kappa shape index (κ3) is 4.73. The fraction of sp³-hybridized carbons (Fsp3) is 0.407. The number of aryl methyl sites for hydroxylation is 1. The summed E-state index contributed by atoms with van der Waals surface area (Å²) in [7, 11) is 1.62. The van der Waals surface area contributed by atoms with Crippen LogP contribution in [-0.2, 0) is 22.4 Å². The molecule has 1 N–H and O–H groups in total. The van der Waals surface area contributed by atoms with E-state index >= 15 is 0 Å². The molecule has 0 radical (unpaired) electrons. The van der Waals surface area contributed by atoms with Crippen molar-refractivity contribution in [2.24, 2.45) is 0 Å². The number of pyridine rings is 1. The molecule has 1 aromatic carbocycles. The zero-order chi connectivity index (χ0) is 25.4. The van der Waals surface area contributed by atoms with Crippen molar-refractivity contribution in [1.29, 1.82) is 0 Å². The quantitative estimate of drug-likeness (QED) is 0.270. The van der Waals surface area contributed by atoms with Gasteiger partial charge in [0, 0.05) is 24.2 Å². The van der Waals surface area contributed by atoms with E-state index in [2.05, 4.69) is 15.2 Å². The Morgan fingerprint density at radius 2 is 1.89 bits per heavy atom. The number of ether oxygens (including phenoxy) is 2. The summed E-state index contributed by atoms with van der Waals surface area (Å²) >= 11 is 3.10. The Morgan fingerprint density at radius 1 is 1.14 bits per heavy atom. The van der Waals surface area contributed by atoms with E-state index in [-0.39, 0.29) is 11.2 Å². The first kappa shape index (κ1) is 24.4. The number of nitrogens with one attached hydrogen (secondary N) is 1. The SMILES string of the molecule is COc1ccc(NC(=O)[C@@H](C)Sc2ncnc3c2sc2nc(N4CCOCC4)c4c(c23)CCCC4)cc1. The summed E-state index contributed by atoms with van der Waals surface area (Å²) in [5.74, 6) is 1.79. The molecular formula is C27H29N5O3S2. The number of fused-ring (bicyclic) bond motifs is 5. The van der Waals surface area contributed by atoms with Gasteiger partial charge < -0.3 is 19.7 Å². The van der Waals surface area contributed by atoms with E-state index in [1.165, 1.54) is 41.1 Å². The number of carbonyl (C=O) groups is 1. The number of carbonyl (C=O) groups excluding carboxylic acids is 1. The molecule has 1 aliphatic carbocycles. The number of rotatable bonds is 6. The standard InChI is InChI=1S/C27H29N5O3S2/c1-16(25(33)30-17-7-9-18(34-2)10-8-17)36-27-23-22(28-15-29-27)21-19-5-3-4-6-20(19)24(31-26(21)37-23)32-11-13-35-14-12-32/h7-10,15-16H,3-6,11-14H2,1-2H3,(H,30,33)/t16-/m1/s1. The Bertz CT molecular complexity index is 1450. The number of nitrogens with zero attached hydrogens (tertiary/aromatic N) is 4. The van der Waals surface area contributed by atoms with E-state index in [0.717, 1.165) is 76.5 Å². The number of aromatic nitrogens is 3. The molecule has 4 heterocycles. The summed E-state index contributed by atoms with van der Waals surface area (Å²) < 4.78 is 11.8. The summed E-state index contributed by atoms with van der Waals surface area (Å²) in [5, 5.41) is 4.65. The van der Waals surface area contributed by atoms with Crippen molar-refractivity contribution in [3.63, 3.8) is 0 Å². The lowest BCUT2D eigenvalue weighted by Crippen LogP contribution is -2.37. The van der Waals surface area contributed by atoms with Gasteiger partial charge in [0.2, 0.25) is 5.91 Å². The van der Waals surface area contributed by atoms with E-state index in [1.54, 1.807) is 24.8 Å². The van der Waals surface area contributed by atoms with Crippen LogP contribution in [0.3, 0.4) is 0 Å². The second-order valence-corrected chi connectivity index (χ2v) is 11.6. The van der Waals surface area contributed by atoms with Crippen LogP contribution in [0, 0.1) is 0 Å². The minimum atomic E-state index is -0.337. The highest BCUT2D eigenvalue weighted by Gasteiger charge is 2.27. The van der Waals surface area contributed by atoms with E-state index in [9.17, 15) is 4.79 Å². The second kappa shape index (κ2) is 10.4. The lowest BCUT2D eigenvalue weighted by atomic mass is 9.90. The summed E-state index contributed by atoms with van der Waals surface area (Å²) in [5.41, 5.74) is 4.46. The maximum atomic E-state index is 13.0. The molecule has 1 aliphatic heterocycles. The Labute approximate surface area is 223 Å². The molecule has 2 aliphatic rings. The summed E-state index contributed by atoms with van der Waals surface area (Å²) in [6.07, 6.45) is 6.09. The molecule has 10 heteroatoms. The van der Waals surface area contributed by atoms with Crippen molar-refractivity contribution in [2.45, 2.75) is 42.9 Å². The first-order valence-corrected chi connectivity index (χ1v) is 14.3. The molecule has 3 aromatic heterocycles. The van der Waals surface area contributed by atoms with Gasteiger partial charge in [-0.05, 0) is 68.0 Å². The van der Waals surface area contributed by atoms with Crippen LogP contribution >= 0.6 is 23.1 Å². The molecule has 6 rings (SSSR count). The number of morpholine rings is 1. The Morgan fingerprint density at radius 3 is 2.65 bits per heavy atom. The summed E-state index contributed by atoms with van der Waals surface area (Å²) in [6.45, 7) is 5.13. The molecule has 1 amide bonds. The normalized spacial score (nSPS) is 16.5. The maximum absolute atomic E-state index is 13.0. The van der Waals surface area contributed by atoms with Gasteiger partial charge in [-0.15, -0.1) is 11.3 Å². The first-order valence-electron chi connectivity index (χ1n) is 12.7. The first-order chi connectivity index (χ1) is 18.1. The predicted molar refractivity (Wildman–Crippen MR) is 149 cm³/mol. The van der Waals surface area contributed by atoms with Crippen LogP contribution < -0.4 is 15.0 Å². The van der Waals surface area contributed by atoms with Crippen molar-refractivity contribution in [2.75, 3.05) is 43.6 Å². The van der Waals surface area contributed by atoms with Crippen LogP contribution in [-0.4, -0.2) is 59.5 Å². The molecule has 0 bridgehead atoms. The minimum absolute atomic E-state index is 0.0758. The average Bonchev–Trinajstić information content (AvgIpc) is 3.33. The van der Waals surface area contributed by atoms with Gasteiger partial charge in [-0.2, -0.15) is 0 Å². The fourth-order valence-corrected chi connectivity index (χ4v) is 7.20. The van der Waals surface area contributed by atoms with Crippen LogP contribution in [0.4, 0.5) is 11.5 Å². The highest BCUT2D eigenvalue weighted by Crippen LogP contribution is 2.43. The fourth-order valence-electron chi connectivity index (χ4n) is 5.08. The largest absolute Gasteiger partial charge is 0.497 e. The number of hydrogen-bond acceptors (Lipinski definition) is 9. The highest BCUT2D eigenvalue weighted by atomic mass is 32.2. The average molecular weight is 536 g/mol. The number of thioether (sulfide) groups is 1. The monoisotopic (exact) mass is 535 g/mol. The van der Waals surface area contributed by atoms with E-state index in [4.69, 9.17) is 19.4 Å². The minimum Gasteiger partial charge on any atom is -0.497 e. The van der Waals surface area contributed by atoms with Crippen molar-refractivity contribution in [3.05, 3.63) is 41.7 Å². The number of methoxy groups -OCH3 is 1. The molecule has 1 fully saturated rings. The zero-order valence-electron chi connectivity index (χ0n) is 21.0. The molecule has 192 valence electrons. The Hall–Kier alpha value is -2.95. The molecule has 37 heavy (non-hydrogen) atoms. The third-order valence-corrected chi connectivity index (χ3v) is 9.30. The molecule has 8 nitrogen and oxygen atoms in total. The van der Waals surface area contributed by atoms with E-state index in [1.807, 2.05) is 31.2 Å². The van der Waals surface area contributed by atoms with Gasteiger partial charge in [0.15, 0.2) is 0 Å². The topological polar surface area (TPSA) is 89.5 Å². The molecule has 1 saturated heterocycles. The lowest BCUT2D eigenvalue weighted by Gasteiger charge is -2.31. The van der Waals surface area contributed by atoms with E-state index in [0.29, 0.717) is 0 Å². The van der Waals surface area contributed by atoms with Gasteiger partial charge in [-0.3, -0.25) is 4.79 Å². The summed E-state index contributed by atoms with van der Waals surface area (Å²) in [4.78, 5) is 30.9. The third-order valence-electron chi connectivity index (χ3n) is 6.99. The van der Waals surface area contributed by atoms with Crippen LogP contribution in [0.2, 0.25) is 0 Å². The smallest absolute Gasteiger partial charge is 0.237 e. The maximum Gasteiger partial charge on any atom is 0.237 e. The number of thiophene rings is 1. The zero-order valence-corrected chi connectivity index (χ0v) is 22.6. The Kier molecular flexibility index (Phi) is 6.88. The second-order valence-electron chi connectivity index (χ2n) is 9.32.